The van der Waals surface area contributed by atoms with Crippen LogP contribution in [0.1, 0.15) is 11.1 Å². The van der Waals surface area contributed by atoms with Crippen LogP contribution in [0.4, 0.5) is 30.2 Å². The molecular formula is C25H23F3N6OS. The number of hydrogen-bond acceptors (Lipinski definition) is 4. The number of halogens is 3. The van der Waals surface area contributed by atoms with Crippen LogP contribution in [0.2, 0.25) is 0 Å². The number of nitrogens with zero attached hydrogens (tertiary/aromatic N) is 4. The molecule has 0 bridgehead atoms. The molecule has 0 heterocycles. The first kappa shape index (κ1) is 26.4. The second kappa shape index (κ2) is 11.9. The molecule has 0 saturated heterocycles. The van der Waals surface area contributed by atoms with Gasteiger partial charge in [0.2, 0.25) is 0 Å². The molecule has 0 spiro atoms. The average molecular weight is 513 g/mol. The predicted octanol–water partition coefficient (Wildman–Crippen LogP) is 5.53. The van der Waals surface area contributed by atoms with Crippen molar-refractivity contribution in [3.8, 4) is 5.75 Å². The van der Waals surface area contributed by atoms with Crippen molar-refractivity contribution < 1.29 is 17.9 Å². The van der Waals surface area contributed by atoms with E-state index in [0.29, 0.717) is 16.4 Å². The number of aliphatic imine (C=N–C) groups is 3. The summed E-state index contributed by atoms with van der Waals surface area (Å²) in [4.78, 5) is 14.4. The Hall–Kier alpha value is -4.25. The van der Waals surface area contributed by atoms with Crippen LogP contribution in [0, 0.1) is 0 Å². The maximum atomic E-state index is 12.2. The van der Waals surface area contributed by atoms with E-state index in [0.717, 1.165) is 29.1 Å². The number of ether oxygens (including phenoxy) is 1. The van der Waals surface area contributed by atoms with E-state index in [2.05, 4.69) is 25.0 Å². The van der Waals surface area contributed by atoms with Gasteiger partial charge in [-0.25, -0.2) is 15.0 Å². The van der Waals surface area contributed by atoms with E-state index in [1.807, 2.05) is 55.4 Å². The lowest BCUT2D eigenvalue weighted by molar-refractivity contribution is -0.274. The van der Waals surface area contributed by atoms with Crippen LogP contribution in [0.15, 0.2) is 87.8 Å². The Morgan fingerprint density at radius 1 is 1.03 bits per heavy atom. The third kappa shape index (κ3) is 8.51. The largest absolute Gasteiger partial charge is 0.573 e. The van der Waals surface area contributed by atoms with Gasteiger partial charge in [-0.05, 0) is 60.2 Å². The molecule has 3 aromatic rings. The van der Waals surface area contributed by atoms with Crippen LogP contribution in [-0.2, 0) is 0 Å². The molecule has 0 radical (unpaired) electrons. The van der Waals surface area contributed by atoms with Gasteiger partial charge in [0.25, 0.3) is 0 Å². The Morgan fingerprint density at radius 2 is 1.72 bits per heavy atom. The minimum absolute atomic E-state index is 0.220. The summed E-state index contributed by atoms with van der Waals surface area (Å²) in [5.41, 5.74) is 9.74. The first-order chi connectivity index (χ1) is 17.1. The number of rotatable bonds is 7. The average Bonchev–Trinajstić information content (AvgIpc) is 2.83. The topological polar surface area (TPSA) is 87.6 Å². The molecule has 3 N–H and O–H groups in total. The van der Waals surface area contributed by atoms with Crippen LogP contribution >= 0.6 is 12.2 Å². The highest BCUT2D eigenvalue weighted by atomic mass is 32.1. The summed E-state index contributed by atoms with van der Waals surface area (Å²) in [6.45, 7) is 0. The highest BCUT2D eigenvalue weighted by Gasteiger charge is 2.30. The SMILES string of the molecule is CN(C)c1cccc(NC(=S)N=Cc2ccc(C(N)=NC=Nc3ccc(OC(F)(F)F)cc3)cc2)c1. The van der Waals surface area contributed by atoms with Crippen molar-refractivity contribution in [2.75, 3.05) is 24.3 Å². The third-order valence-corrected chi connectivity index (χ3v) is 4.83. The molecule has 0 amide bonds. The van der Waals surface area contributed by atoms with Crippen molar-refractivity contribution >= 4 is 52.8 Å². The van der Waals surface area contributed by atoms with Gasteiger partial charge in [0.1, 0.15) is 17.9 Å². The standard InChI is InChI=1S/C25H23F3N6OS/c1-34(2)21-5-3-4-20(14-21)33-24(36)30-15-17-6-8-18(9-7-17)23(29)32-16-31-19-10-12-22(13-11-19)35-25(26,27)28/h3-16H,1-2H3,(H,33,36)(H2,29,31,32). The van der Waals surface area contributed by atoms with Crippen molar-refractivity contribution in [1.29, 1.82) is 0 Å². The van der Waals surface area contributed by atoms with Gasteiger partial charge in [-0.2, -0.15) is 0 Å². The number of alkyl halides is 3. The fraction of sp³-hybridized carbons (Fsp3) is 0.120. The highest BCUT2D eigenvalue weighted by molar-refractivity contribution is 7.80. The van der Waals surface area contributed by atoms with Gasteiger partial charge < -0.3 is 20.7 Å². The fourth-order valence-corrected chi connectivity index (χ4v) is 3.03. The van der Waals surface area contributed by atoms with E-state index in [1.165, 1.54) is 18.5 Å². The minimum Gasteiger partial charge on any atom is -0.406 e. The number of nitrogens with one attached hydrogen (secondary N) is 1. The first-order valence-electron chi connectivity index (χ1n) is 10.5. The molecule has 186 valence electrons. The summed E-state index contributed by atoms with van der Waals surface area (Å²) in [6.07, 6.45) is -1.89. The molecule has 0 saturated carbocycles. The lowest BCUT2D eigenvalue weighted by Crippen LogP contribution is -2.16. The molecule has 0 atom stereocenters. The van der Waals surface area contributed by atoms with Gasteiger partial charge in [0.15, 0.2) is 5.11 Å². The zero-order valence-corrected chi connectivity index (χ0v) is 20.2. The third-order valence-electron chi connectivity index (χ3n) is 4.63. The Balaban J connectivity index is 1.56. The maximum Gasteiger partial charge on any atom is 0.573 e. The van der Waals surface area contributed by atoms with Crippen LogP contribution in [0.5, 0.6) is 5.75 Å². The normalized spacial score (nSPS) is 12.2. The summed E-state index contributed by atoms with van der Waals surface area (Å²) in [5, 5.41) is 3.41. The molecule has 0 unspecified atom stereocenters. The van der Waals surface area contributed by atoms with Gasteiger partial charge >= 0.3 is 6.36 Å². The van der Waals surface area contributed by atoms with Crippen LogP contribution < -0.4 is 20.7 Å². The lowest BCUT2D eigenvalue weighted by atomic mass is 10.1. The number of anilines is 2. The van der Waals surface area contributed by atoms with E-state index in [9.17, 15) is 13.2 Å². The number of benzene rings is 3. The van der Waals surface area contributed by atoms with Gasteiger partial charge in [0, 0.05) is 37.2 Å². The second-order valence-electron chi connectivity index (χ2n) is 7.56. The summed E-state index contributed by atoms with van der Waals surface area (Å²) in [5.74, 6) is -0.111. The summed E-state index contributed by atoms with van der Waals surface area (Å²) < 4.78 is 40.5. The molecule has 0 fully saturated rings. The molecule has 0 aliphatic heterocycles. The zero-order chi connectivity index (χ0) is 26.1. The number of amidine groups is 1. The summed E-state index contributed by atoms with van der Waals surface area (Å²) >= 11 is 5.30. The second-order valence-corrected chi connectivity index (χ2v) is 7.94. The highest BCUT2D eigenvalue weighted by Crippen LogP contribution is 2.24. The van der Waals surface area contributed by atoms with Crippen molar-refractivity contribution in [3.05, 3.63) is 83.9 Å². The van der Waals surface area contributed by atoms with Crippen LogP contribution in [0.25, 0.3) is 0 Å². The zero-order valence-electron chi connectivity index (χ0n) is 19.4. The van der Waals surface area contributed by atoms with Crippen molar-refractivity contribution in [3.63, 3.8) is 0 Å². The smallest absolute Gasteiger partial charge is 0.406 e. The van der Waals surface area contributed by atoms with Crippen molar-refractivity contribution in [2.24, 2.45) is 20.7 Å². The molecular weight excluding hydrogens is 489 g/mol. The molecule has 3 aromatic carbocycles. The Labute approximate surface area is 211 Å². The molecule has 11 heteroatoms. The van der Waals surface area contributed by atoms with Crippen molar-refractivity contribution in [2.45, 2.75) is 6.36 Å². The number of hydrogen-bond donors (Lipinski definition) is 2. The van der Waals surface area contributed by atoms with Crippen LogP contribution in [-0.4, -0.2) is 44.0 Å². The van der Waals surface area contributed by atoms with Gasteiger partial charge in [-0.3, -0.25) is 0 Å². The minimum atomic E-state index is -4.74. The Bertz CT molecular complexity index is 1270. The summed E-state index contributed by atoms with van der Waals surface area (Å²) in [6, 6.07) is 20.0. The Morgan fingerprint density at radius 3 is 2.36 bits per heavy atom. The molecule has 36 heavy (non-hydrogen) atoms. The maximum absolute atomic E-state index is 12.2. The predicted molar refractivity (Wildman–Crippen MR) is 143 cm³/mol. The molecule has 7 nitrogen and oxygen atoms in total. The van der Waals surface area contributed by atoms with E-state index in [-0.39, 0.29) is 11.6 Å². The van der Waals surface area contributed by atoms with Gasteiger partial charge in [-0.1, -0.05) is 30.3 Å². The number of nitrogens with two attached hydrogens (primary N) is 1. The number of thiocarbonyl (C=S) groups is 1. The van der Waals surface area contributed by atoms with Crippen LogP contribution in [0.3, 0.4) is 0 Å². The monoisotopic (exact) mass is 512 g/mol. The molecule has 0 aromatic heterocycles. The molecule has 0 aliphatic rings. The van der Waals surface area contributed by atoms with Crippen molar-refractivity contribution in [1.82, 2.24) is 0 Å². The summed E-state index contributed by atoms with van der Waals surface area (Å²) in [7, 11) is 3.92. The van der Waals surface area contributed by atoms with E-state index < -0.39 is 6.36 Å². The first-order valence-corrected chi connectivity index (χ1v) is 10.9. The van der Waals surface area contributed by atoms with Gasteiger partial charge in [-0.15, -0.1) is 13.2 Å². The molecule has 3 rings (SSSR count). The fourth-order valence-electron chi connectivity index (χ4n) is 2.86. The van der Waals surface area contributed by atoms with E-state index in [1.54, 1.807) is 18.3 Å². The quantitative estimate of drug-likeness (QED) is 0.247. The van der Waals surface area contributed by atoms with E-state index >= 15 is 0 Å². The molecule has 0 aliphatic carbocycles. The Kier molecular flexibility index (Phi) is 8.74. The van der Waals surface area contributed by atoms with E-state index in [4.69, 9.17) is 18.0 Å². The lowest BCUT2D eigenvalue weighted by Gasteiger charge is -2.13. The van der Waals surface area contributed by atoms with Gasteiger partial charge in [0.05, 0.1) is 5.69 Å².